The van der Waals surface area contributed by atoms with E-state index in [1.54, 1.807) is 31.4 Å². The van der Waals surface area contributed by atoms with Gasteiger partial charge in [-0.25, -0.2) is 0 Å². The molecular formula is C15H22O4S. The van der Waals surface area contributed by atoms with Gasteiger partial charge in [-0.2, -0.15) is 8.42 Å². The highest BCUT2D eigenvalue weighted by Crippen LogP contribution is 2.39. The quantitative estimate of drug-likeness (QED) is 0.758. The minimum absolute atomic E-state index is 0.146. The predicted octanol–water partition coefficient (Wildman–Crippen LogP) is 2.91. The van der Waals surface area contributed by atoms with Crippen molar-refractivity contribution < 1.29 is 17.3 Å². The van der Waals surface area contributed by atoms with E-state index in [0.29, 0.717) is 6.61 Å². The highest BCUT2D eigenvalue weighted by atomic mass is 32.2. The summed E-state index contributed by atoms with van der Waals surface area (Å²) in [5.41, 5.74) is 0.877. The molecule has 112 valence electrons. The fourth-order valence-electron chi connectivity index (χ4n) is 2.74. The van der Waals surface area contributed by atoms with E-state index in [1.807, 2.05) is 6.92 Å². The zero-order valence-electron chi connectivity index (χ0n) is 12.1. The van der Waals surface area contributed by atoms with Crippen molar-refractivity contribution in [3.8, 4) is 0 Å². The zero-order chi connectivity index (χ0) is 14.6. The summed E-state index contributed by atoms with van der Waals surface area (Å²) in [6.45, 7) is 2.68. The molecule has 1 aromatic carbocycles. The molecule has 0 atom stereocenters. The van der Waals surface area contributed by atoms with Gasteiger partial charge in [0.1, 0.15) is 0 Å². The maximum absolute atomic E-state index is 12.2. The Balaban J connectivity index is 2.06. The van der Waals surface area contributed by atoms with E-state index in [9.17, 15) is 8.42 Å². The van der Waals surface area contributed by atoms with Gasteiger partial charge < -0.3 is 4.74 Å². The first-order chi connectivity index (χ1) is 9.47. The molecule has 0 aliphatic heterocycles. The minimum atomic E-state index is -3.68. The van der Waals surface area contributed by atoms with Gasteiger partial charge in [0.15, 0.2) is 0 Å². The van der Waals surface area contributed by atoms with Crippen LogP contribution < -0.4 is 0 Å². The first-order valence-corrected chi connectivity index (χ1v) is 8.33. The summed E-state index contributed by atoms with van der Waals surface area (Å²) >= 11 is 0. The van der Waals surface area contributed by atoms with Crippen molar-refractivity contribution >= 4 is 10.1 Å². The van der Waals surface area contributed by atoms with Gasteiger partial charge in [0.25, 0.3) is 10.1 Å². The second-order valence-corrected chi connectivity index (χ2v) is 7.28. The topological polar surface area (TPSA) is 52.6 Å². The van der Waals surface area contributed by atoms with E-state index in [-0.39, 0.29) is 16.9 Å². The van der Waals surface area contributed by atoms with Crippen LogP contribution in [0.2, 0.25) is 0 Å². The number of rotatable bonds is 6. The Morgan fingerprint density at radius 1 is 1.10 bits per heavy atom. The molecule has 0 heterocycles. The Kier molecular flexibility index (Phi) is 4.83. The average molecular weight is 298 g/mol. The Morgan fingerprint density at radius 2 is 1.70 bits per heavy atom. The molecule has 0 spiro atoms. The van der Waals surface area contributed by atoms with Crippen LogP contribution in [0, 0.1) is 12.3 Å². The standard InChI is InChI=1S/C15H22O4S/c1-13-5-7-14(8-6-13)20(16,17)19-12-15(11-18-2)9-3-4-10-15/h5-8H,3-4,9-12H2,1-2H3. The molecular weight excluding hydrogens is 276 g/mol. The molecule has 2 rings (SSSR count). The third-order valence-electron chi connectivity index (χ3n) is 3.94. The summed E-state index contributed by atoms with van der Waals surface area (Å²) in [4.78, 5) is 0.216. The molecule has 1 saturated carbocycles. The third-order valence-corrected chi connectivity index (χ3v) is 5.22. The Labute approximate surface area is 121 Å². The number of hydrogen-bond donors (Lipinski definition) is 0. The van der Waals surface area contributed by atoms with Crippen LogP contribution in [-0.4, -0.2) is 28.7 Å². The van der Waals surface area contributed by atoms with Crippen LogP contribution in [0.4, 0.5) is 0 Å². The van der Waals surface area contributed by atoms with E-state index >= 15 is 0 Å². The molecule has 0 amide bonds. The SMILES string of the molecule is COCC1(COS(=O)(=O)c2ccc(C)cc2)CCCC1. The van der Waals surface area contributed by atoms with E-state index in [2.05, 4.69) is 0 Å². The largest absolute Gasteiger partial charge is 0.384 e. The molecule has 5 heteroatoms. The van der Waals surface area contributed by atoms with Crippen molar-refractivity contribution in [1.29, 1.82) is 0 Å². The molecule has 20 heavy (non-hydrogen) atoms. The second kappa shape index (κ2) is 6.24. The molecule has 1 aromatic rings. The summed E-state index contributed by atoms with van der Waals surface area (Å²) in [6, 6.07) is 6.72. The smallest absolute Gasteiger partial charge is 0.296 e. The summed E-state index contributed by atoms with van der Waals surface area (Å²) < 4.78 is 34.9. The first kappa shape index (κ1) is 15.5. The lowest BCUT2D eigenvalue weighted by atomic mass is 9.88. The summed E-state index contributed by atoms with van der Waals surface area (Å²) in [5.74, 6) is 0. The predicted molar refractivity (Wildman–Crippen MR) is 77.1 cm³/mol. The first-order valence-electron chi connectivity index (χ1n) is 6.93. The zero-order valence-corrected chi connectivity index (χ0v) is 12.9. The second-order valence-electron chi connectivity index (χ2n) is 5.67. The summed E-state index contributed by atoms with van der Waals surface area (Å²) in [7, 11) is -2.03. The van der Waals surface area contributed by atoms with Crippen molar-refractivity contribution in [2.45, 2.75) is 37.5 Å². The van der Waals surface area contributed by atoms with Crippen LogP contribution in [0.15, 0.2) is 29.2 Å². The number of benzene rings is 1. The molecule has 0 unspecified atom stereocenters. The molecule has 0 bridgehead atoms. The maximum atomic E-state index is 12.2. The Morgan fingerprint density at radius 3 is 2.25 bits per heavy atom. The fraction of sp³-hybridized carbons (Fsp3) is 0.600. The van der Waals surface area contributed by atoms with Gasteiger partial charge in [-0.15, -0.1) is 0 Å². The molecule has 1 aliphatic rings. The lowest BCUT2D eigenvalue weighted by molar-refractivity contribution is 0.0452. The molecule has 0 N–H and O–H groups in total. The molecule has 4 nitrogen and oxygen atoms in total. The van der Waals surface area contributed by atoms with Gasteiger partial charge >= 0.3 is 0 Å². The normalized spacial score (nSPS) is 18.3. The highest BCUT2D eigenvalue weighted by Gasteiger charge is 2.36. The summed E-state index contributed by atoms with van der Waals surface area (Å²) in [6.07, 6.45) is 4.14. The average Bonchev–Trinajstić information content (AvgIpc) is 2.87. The maximum Gasteiger partial charge on any atom is 0.296 e. The van der Waals surface area contributed by atoms with Gasteiger partial charge in [0.2, 0.25) is 0 Å². The summed E-state index contributed by atoms with van der Waals surface area (Å²) in [5, 5.41) is 0. The van der Waals surface area contributed by atoms with Crippen LogP contribution in [0.1, 0.15) is 31.2 Å². The van der Waals surface area contributed by atoms with Crippen molar-refractivity contribution in [2.75, 3.05) is 20.3 Å². The van der Waals surface area contributed by atoms with Crippen LogP contribution in [0.25, 0.3) is 0 Å². The Bertz CT molecular complexity index is 527. The van der Waals surface area contributed by atoms with E-state index in [4.69, 9.17) is 8.92 Å². The van der Waals surface area contributed by atoms with Gasteiger partial charge in [-0.05, 0) is 31.9 Å². The highest BCUT2D eigenvalue weighted by molar-refractivity contribution is 7.86. The van der Waals surface area contributed by atoms with Crippen LogP contribution in [0.5, 0.6) is 0 Å². The molecule has 1 aliphatic carbocycles. The fourth-order valence-corrected chi connectivity index (χ4v) is 3.75. The number of methoxy groups -OCH3 is 1. The van der Waals surface area contributed by atoms with Crippen LogP contribution in [0.3, 0.4) is 0 Å². The number of hydrogen-bond acceptors (Lipinski definition) is 4. The van der Waals surface area contributed by atoms with Gasteiger partial charge in [-0.3, -0.25) is 4.18 Å². The number of ether oxygens (including phenoxy) is 1. The van der Waals surface area contributed by atoms with Gasteiger partial charge in [0, 0.05) is 12.5 Å². The number of aryl methyl sites for hydroxylation is 1. The minimum Gasteiger partial charge on any atom is -0.384 e. The van der Waals surface area contributed by atoms with Crippen molar-refractivity contribution in [3.05, 3.63) is 29.8 Å². The molecule has 0 aromatic heterocycles. The lowest BCUT2D eigenvalue weighted by Gasteiger charge is -2.27. The van der Waals surface area contributed by atoms with E-state index in [0.717, 1.165) is 31.2 Å². The monoisotopic (exact) mass is 298 g/mol. The van der Waals surface area contributed by atoms with Crippen LogP contribution >= 0.6 is 0 Å². The van der Waals surface area contributed by atoms with Gasteiger partial charge in [-0.1, -0.05) is 30.5 Å². The van der Waals surface area contributed by atoms with Crippen molar-refractivity contribution in [2.24, 2.45) is 5.41 Å². The van der Waals surface area contributed by atoms with Crippen LogP contribution in [-0.2, 0) is 19.0 Å². The van der Waals surface area contributed by atoms with Crippen molar-refractivity contribution in [3.63, 3.8) is 0 Å². The van der Waals surface area contributed by atoms with E-state index in [1.165, 1.54) is 0 Å². The molecule has 0 saturated heterocycles. The molecule has 1 fully saturated rings. The molecule has 0 radical (unpaired) electrons. The Hall–Kier alpha value is -0.910. The third kappa shape index (κ3) is 3.59. The lowest BCUT2D eigenvalue weighted by Crippen LogP contribution is -2.30. The van der Waals surface area contributed by atoms with E-state index < -0.39 is 10.1 Å². The van der Waals surface area contributed by atoms with Gasteiger partial charge in [0.05, 0.1) is 18.1 Å². The van der Waals surface area contributed by atoms with Crippen molar-refractivity contribution in [1.82, 2.24) is 0 Å².